The molecule has 2 rings (SSSR count). The predicted molar refractivity (Wildman–Crippen MR) is 238 cm³/mol. The van der Waals surface area contributed by atoms with Gasteiger partial charge in [-0.15, -0.1) is 0 Å². The maximum atomic E-state index is 13.4. The molecule has 0 bridgehead atoms. The Morgan fingerprint density at radius 2 is 0.758 bits per heavy atom. The summed E-state index contributed by atoms with van der Waals surface area (Å²) in [5.41, 5.74) is 3.28. The third-order valence-electron chi connectivity index (χ3n) is 9.36. The van der Waals surface area contributed by atoms with Crippen LogP contribution in [0, 0.1) is 0 Å². The summed E-state index contributed by atoms with van der Waals surface area (Å²) >= 11 is 0. The van der Waals surface area contributed by atoms with Gasteiger partial charge >= 0.3 is 11.9 Å². The van der Waals surface area contributed by atoms with E-state index in [1.165, 1.54) is 0 Å². The number of hydrogen-bond donors (Lipinski definition) is 0. The number of carbonyl (C=O) groups excluding carboxylic acids is 3. The predicted octanol–water partition coefficient (Wildman–Crippen LogP) is 7.11. The van der Waals surface area contributed by atoms with Crippen molar-refractivity contribution < 1.29 is 61.8 Å². The molecule has 0 aliphatic rings. The molecule has 2 aromatic carbocycles. The molecule has 0 amide bonds. The lowest BCUT2D eigenvalue weighted by molar-refractivity contribution is -0.154. The van der Waals surface area contributed by atoms with Gasteiger partial charge in [0.2, 0.25) is 0 Å². The van der Waals surface area contributed by atoms with Crippen LogP contribution in [0.4, 0.5) is 11.4 Å². The number of ether oxygens (including phenoxy) is 10. The normalized spacial score (nSPS) is 13.1. The quantitative estimate of drug-likeness (QED) is 0.0222. The van der Waals surface area contributed by atoms with Crippen LogP contribution in [-0.2, 0) is 57.0 Å². The molecule has 4 unspecified atom stereocenters. The molecule has 4 atom stereocenters. The van der Waals surface area contributed by atoms with Gasteiger partial charge in [0.1, 0.15) is 13.2 Å². The molecule has 0 fully saturated rings. The number of hydrogen-bond acceptors (Lipinski definition) is 15. The van der Waals surface area contributed by atoms with Crippen LogP contribution in [0.2, 0.25) is 0 Å². The minimum absolute atomic E-state index is 0.0332. The Hall–Kier alpha value is -4.19. The van der Waals surface area contributed by atoms with E-state index in [0.717, 1.165) is 62.3 Å². The summed E-state index contributed by atoms with van der Waals surface area (Å²) in [6.45, 7) is 25.1. The molecular formula is C47H72N2O13. The summed E-state index contributed by atoms with van der Waals surface area (Å²) in [5, 5.41) is 0. The number of esters is 2. The van der Waals surface area contributed by atoms with E-state index < -0.39 is 24.5 Å². The van der Waals surface area contributed by atoms with Crippen LogP contribution in [0.1, 0.15) is 83.1 Å². The molecule has 0 aliphatic heterocycles. The van der Waals surface area contributed by atoms with E-state index in [0.29, 0.717) is 63.9 Å². The monoisotopic (exact) mass is 873 g/mol. The molecule has 0 saturated heterocycles. The van der Waals surface area contributed by atoms with E-state index in [2.05, 4.69) is 36.8 Å². The Morgan fingerprint density at radius 3 is 1.05 bits per heavy atom. The molecule has 62 heavy (non-hydrogen) atoms. The highest BCUT2D eigenvalue weighted by Crippen LogP contribution is 2.20. The highest BCUT2D eigenvalue weighted by molar-refractivity contribution is 6.09. The van der Waals surface area contributed by atoms with Crippen LogP contribution in [0.5, 0.6) is 0 Å². The van der Waals surface area contributed by atoms with Gasteiger partial charge in [-0.25, -0.2) is 9.59 Å². The van der Waals surface area contributed by atoms with Crippen LogP contribution in [-0.4, -0.2) is 135 Å². The van der Waals surface area contributed by atoms with E-state index in [9.17, 15) is 14.4 Å². The Labute approximate surface area is 369 Å². The Bertz CT molecular complexity index is 1410. The summed E-state index contributed by atoms with van der Waals surface area (Å²) in [6.07, 6.45) is 4.00. The zero-order valence-corrected chi connectivity index (χ0v) is 37.9. The number of benzene rings is 2. The standard InChI is InChI=1S/C47H72N2O13/c1-9-45(50)61-35-33-59-39(7)55-29-15-13-27-53-37(5)57-31-25-48(11-3)43-21-17-41(18-22-43)47(52)42-19-23-44(24-20-42)49(12-4)26-32-58-38(6)54-28-14-16-30-56-40(8)60-34-36-62-46(51)10-2/h9-10,17-24,37-40H,1-2,11-16,25-36H2,3-8H3. The number of anilines is 2. The van der Waals surface area contributed by atoms with E-state index in [-0.39, 0.29) is 44.8 Å². The molecule has 2 aromatic rings. The van der Waals surface area contributed by atoms with Gasteiger partial charge in [0.15, 0.2) is 30.9 Å². The number of nitrogens with zero attached hydrogens (tertiary/aromatic N) is 2. The fourth-order valence-electron chi connectivity index (χ4n) is 5.84. The molecule has 0 N–H and O–H groups in total. The van der Waals surface area contributed by atoms with Crippen molar-refractivity contribution >= 4 is 29.1 Å². The summed E-state index contributed by atoms with van der Waals surface area (Å²) in [5.74, 6) is -0.986. The molecule has 0 radical (unpaired) electrons. The van der Waals surface area contributed by atoms with Gasteiger partial charge in [0, 0.05) is 87.3 Å². The molecule has 0 saturated carbocycles. The lowest BCUT2D eigenvalue weighted by atomic mass is 10.0. The lowest BCUT2D eigenvalue weighted by Gasteiger charge is -2.24. The van der Waals surface area contributed by atoms with Crippen molar-refractivity contribution in [2.24, 2.45) is 0 Å². The Morgan fingerprint density at radius 1 is 0.468 bits per heavy atom. The van der Waals surface area contributed by atoms with E-state index in [4.69, 9.17) is 47.4 Å². The fraction of sp³-hybridized carbons (Fsp3) is 0.596. The Kier molecular flexibility index (Phi) is 29.0. The second kappa shape index (κ2) is 33.4. The number of likely N-dealkylation sites (N-methyl/N-ethyl adjacent to an activating group) is 2. The van der Waals surface area contributed by atoms with Crippen molar-refractivity contribution in [3.05, 3.63) is 85.0 Å². The van der Waals surface area contributed by atoms with Gasteiger partial charge in [0.05, 0.1) is 26.4 Å². The van der Waals surface area contributed by atoms with Crippen molar-refractivity contribution in [1.82, 2.24) is 0 Å². The third-order valence-corrected chi connectivity index (χ3v) is 9.36. The van der Waals surface area contributed by atoms with Crippen LogP contribution in [0.25, 0.3) is 0 Å². The van der Waals surface area contributed by atoms with Gasteiger partial charge in [-0.2, -0.15) is 0 Å². The minimum Gasteiger partial charge on any atom is -0.460 e. The lowest BCUT2D eigenvalue weighted by Crippen LogP contribution is -2.29. The summed E-state index contributed by atoms with van der Waals surface area (Å²) in [4.78, 5) is 39.9. The van der Waals surface area contributed by atoms with Crippen molar-refractivity contribution in [2.75, 3.05) is 102 Å². The summed E-state index contributed by atoms with van der Waals surface area (Å²) < 4.78 is 55.3. The van der Waals surface area contributed by atoms with Crippen molar-refractivity contribution in [3.8, 4) is 0 Å². The number of unbranched alkanes of at least 4 members (excludes halogenated alkanes) is 2. The first kappa shape index (κ1) is 53.9. The van der Waals surface area contributed by atoms with Crippen LogP contribution < -0.4 is 9.80 Å². The maximum absolute atomic E-state index is 13.4. The van der Waals surface area contributed by atoms with Gasteiger partial charge in [0.25, 0.3) is 0 Å². The van der Waals surface area contributed by atoms with Crippen molar-refractivity contribution in [1.29, 1.82) is 0 Å². The first-order valence-corrected chi connectivity index (χ1v) is 21.8. The van der Waals surface area contributed by atoms with Gasteiger partial charge in [-0.05, 0) is 116 Å². The number of ketones is 1. The second-order valence-corrected chi connectivity index (χ2v) is 14.0. The zero-order valence-electron chi connectivity index (χ0n) is 37.9. The smallest absolute Gasteiger partial charge is 0.330 e. The average Bonchev–Trinajstić information content (AvgIpc) is 3.28. The van der Waals surface area contributed by atoms with Crippen LogP contribution in [0.3, 0.4) is 0 Å². The first-order valence-electron chi connectivity index (χ1n) is 21.8. The van der Waals surface area contributed by atoms with Crippen LogP contribution in [0.15, 0.2) is 73.8 Å². The second-order valence-electron chi connectivity index (χ2n) is 14.0. The van der Waals surface area contributed by atoms with Crippen molar-refractivity contribution in [2.45, 2.75) is 92.4 Å². The van der Waals surface area contributed by atoms with Gasteiger partial charge in [-0.1, -0.05) is 13.2 Å². The Balaban J connectivity index is 1.63. The highest BCUT2D eigenvalue weighted by Gasteiger charge is 2.14. The SMILES string of the molecule is C=CC(=O)OCCOC(C)OCCCCOC(C)OCCN(CC)c1ccc(C(=O)c2ccc(N(CC)CCOC(C)OCCCCOC(C)OCCOC(=O)C=C)cc2)cc1. The topological polar surface area (TPSA) is 150 Å². The van der Waals surface area contributed by atoms with Crippen molar-refractivity contribution in [3.63, 3.8) is 0 Å². The highest BCUT2D eigenvalue weighted by atomic mass is 16.7. The summed E-state index contributed by atoms with van der Waals surface area (Å²) in [7, 11) is 0. The molecule has 15 heteroatoms. The van der Waals surface area contributed by atoms with Gasteiger partial charge < -0.3 is 57.2 Å². The number of carbonyl (C=O) groups is 3. The molecule has 0 spiro atoms. The minimum atomic E-state index is -0.476. The number of rotatable bonds is 38. The molecular weight excluding hydrogens is 801 g/mol. The molecule has 0 heterocycles. The zero-order chi connectivity index (χ0) is 45.4. The fourth-order valence-corrected chi connectivity index (χ4v) is 5.84. The third kappa shape index (κ3) is 23.9. The van der Waals surface area contributed by atoms with E-state index >= 15 is 0 Å². The molecule has 348 valence electrons. The molecule has 0 aromatic heterocycles. The largest absolute Gasteiger partial charge is 0.460 e. The van der Waals surface area contributed by atoms with Gasteiger partial charge in [-0.3, -0.25) is 4.79 Å². The van der Waals surface area contributed by atoms with E-state index in [1.807, 2.05) is 62.4 Å². The van der Waals surface area contributed by atoms with Crippen LogP contribution >= 0.6 is 0 Å². The first-order chi connectivity index (χ1) is 30.0. The van der Waals surface area contributed by atoms with E-state index in [1.54, 1.807) is 13.8 Å². The molecule has 15 nitrogen and oxygen atoms in total. The average molecular weight is 873 g/mol. The summed E-state index contributed by atoms with van der Waals surface area (Å²) in [6, 6.07) is 15.4. The molecule has 0 aliphatic carbocycles. The maximum Gasteiger partial charge on any atom is 0.330 e.